The van der Waals surface area contributed by atoms with Gasteiger partial charge in [0.1, 0.15) is 0 Å². The molecule has 0 saturated heterocycles. The first-order chi connectivity index (χ1) is 9.69. The van der Waals surface area contributed by atoms with E-state index in [4.69, 9.17) is 0 Å². The molecule has 0 aliphatic heterocycles. The Bertz CT molecular complexity index is 554. The van der Waals surface area contributed by atoms with Gasteiger partial charge in [0.15, 0.2) is 5.82 Å². The van der Waals surface area contributed by atoms with Crippen LogP contribution in [-0.2, 0) is 0 Å². The van der Waals surface area contributed by atoms with Crippen LogP contribution in [0.25, 0.3) is 0 Å². The quantitative estimate of drug-likeness (QED) is 0.891. The van der Waals surface area contributed by atoms with Crippen molar-refractivity contribution in [3.63, 3.8) is 0 Å². The van der Waals surface area contributed by atoms with Gasteiger partial charge in [0.25, 0.3) is 0 Å². The molecule has 0 saturated carbocycles. The molecule has 5 nitrogen and oxygen atoms in total. The Balaban J connectivity index is 1.94. The smallest absolute Gasteiger partial charge is 0.308 e. The topological polar surface area (TPSA) is 66.9 Å². The maximum Gasteiger partial charge on any atom is 0.324 e. The highest BCUT2D eigenvalue weighted by molar-refractivity contribution is 5.99. The van der Waals surface area contributed by atoms with Gasteiger partial charge >= 0.3 is 6.03 Å². The normalized spacial score (nSPS) is 11.7. The van der Waals surface area contributed by atoms with E-state index in [0.29, 0.717) is 11.7 Å². The Morgan fingerprint density at radius 3 is 2.55 bits per heavy atom. The van der Waals surface area contributed by atoms with Crippen LogP contribution in [0.3, 0.4) is 0 Å². The first-order valence-electron chi connectivity index (χ1n) is 6.63. The standard InChI is InChI=1S/C15H18N4O/c1-3-11(2)12-4-6-13(7-5-12)18-15(20)19-14-10-16-8-9-17-14/h4-11H,3H2,1-2H3,(H2,17,18,19,20)/t11-/m1/s1. The Morgan fingerprint density at radius 1 is 1.20 bits per heavy atom. The van der Waals surface area contributed by atoms with Crippen LogP contribution in [0.4, 0.5) is 16.3 Å². The van der Waals surface area contributed by atoms with Gasteiger partial charge in [-0.3, -0.25) is 10.3 Å². The van der Waals surface area contributed by atoms with Crippen molar-refractivity contribution in [2.75, 3.05) is 10.6 Å². The minimum atomic E-state index is -0.332. The average molecular weight is 270 g/mol. The zero-order valence-electron chi connectivity index (χ0n) is 11.6. The van der Waals surface area contributed by atoms with Crippen LogP contribution in [-0.4, -0.2) is 16.0 Å². The summed E-state index contributed by atoms with van der Waals surface area (Å²) in [5, 5.41) is 5.37. The summed E-state index contributed by atoms with van der Waals surface area (Å²) in [6.45, 7) is 4.34. The van der Waals surface area contributed by atoms with Crippen molar-refractivity contribution in [2.45, 2.75) is 26.2 Å². The minimum Gasteiger partial charge on any atom is -0.308 e. The number of urea groups is 1. The predicted molar refractivity (Wildman–Crippen MR) is 79.8 cm³/mol. The SMILES string of the molecule is CC[C@@H](C)c1ccc(NC(=O)Nc2cnccn2)cc1. The largest absolute Gasteiger partial charge is 0.324 e. The van der Waals surface area contributed by atoms with Crippen LogP contribution in [0.2, 0.25) is 0 Å². The van der Waals surface area contributed by atoms with Crippen molar-refractivity contribution in [3.05, 3.63) is 48.4 Å². The van der Waals surface area contributed by atoms with Crippen LogP contribution >= 0.6 is 0 Å². The molecule has 2 rings (SSSR count). The Kier molecular flexibility index (Phi) is 4.65. The highest BCUT2D eigenvalue weighted by atomic mass is 16.2. The number of aromatic nitrogens is 2. The lowest BCUT2D eigenvalue weighted by molar-refractivity contribution is 0.262. The summed E-state index contributed by atoms with van der Waals surface area (Å²) in [6, 6.07) is 7.54. The average Bonchev–Trinajstić information content (AvgIpc) is 2.48. The molecule has 1 atom stereocenters. The van der Waals surface area contributed by atoms with Crippen molar-refractivity contribution in [1.29, 1.82) is 0 Å². The van der Waals surface area contributed by atoms with Crippen molar-refractivity contribution in [1.82, 2.24) is 9.97 Å². The molecule has 20 heavy (non-hydrogen) atoms. The summed E-state index contributed by atoms with van der Waals surface area (Å²) in [6.07, 6.45) is 5.67. The van der Waals surface area contributed by atoms with Crippen LogP contribution in [0.15, 0.2) is 42.9 Å². The fourth-order valence-electron chi connectivity index (χ4n) is 1.77. The van der Waals surface area contributed by atoms with Crippen molar-refractivity contribution < 1.29 is 4.79 Å². The van der Waals surface area contributed by atoms with Gasteiger partial charge in [-0.25, -0.2) is 9.78 Å². The zero-order chi connectivity index (χ0) is 14.4. The van der Waals surface area contributed by atoms with Crippen molar-refractivity contribution >= 4 is 17.5 Å². The summed E-state index contributed by atoms with van der Waals surface area (Å²) >= 11 is 0. The third kappa shape index (κ3) is 3.78. The van der Waals surface area contributed by atoms with Crippen LogP contribution in [0, 0.1) is 0 Å². The van der Waals surface area contributed by atoms with E-state index in [9.17, 15) is 4.79 Å². The van der Waals surface area contributed by atoms with E-state index in [0.717, 1.165) is 12.1 Å². The Hall–Kier alpha value is -2.43. The Labute approximate surface area is 118 Å². The number of amides is 2. The van der Waals surface area contributed by atoms with Crippen molar-refractivity contribution in [3.8, 4) is 0 Å². The highest BCUT2D eigenvalue weighted by Gasteiger charge is 2.05. The molecule has 0 spiro atoms. The number of nitrogens with one attached hydrogen (secondary N) is 2. The number of benzene rings is 1. The molecule has 0 radical (unpaired) electrons. The summed E-state index contributed by atoms with van der Waals surface area (Å²) < 4.78 is 0. The molecule has 1 aromatic carbocycles. The number of carbonyl (C=O) groups excluding carboxylic acids is 1. The van der Waals surface area contributed by atoms with Gasteiger partial charge in [-0.05, 0) is 30.0 Å². The van der Waals surface area contributed by atoms with Gasteiger partial charge in [0.2, 0.25) is 0 Å². The first kappa shape index (κ1) is 14.0. The van der Waals surface area contributed by atoms with E-state index >= 15 is 0 Å². The molecule has 0 unspecified atom stereocenters. The number of hydrogen-bond acceptors (Lipinski definition) is 3. The summed E-state index contributed by atoms with van der Waals surface area (Å²) in [4.78, 5) is 19.6. The molecule has 0 aliphatic rings. The molecule has 2 amide bonds. The fourth-order valence-corrected chi connectivity index (χ4v) is 1.77. The lowest BCUT2D eigenvalue weighted by Crippen LogP contribution is -2.20. The van der Waals surface area contributed by atoms with Gasteiger partial charge in [-0.1, -0.05) is 26.0 Å². The van der Waals surface area contributed by atoms with E-state index < -0.39 is 0 Å². The van der Waals surface area contributed by atoms with E-state index in [2.05, 4.69) is 34.4 Å². The second-order valence-electron chi connectivity index (χ2n) is 4.60. The van der Waals surface area contributed by atoms with E-state index in [1.807, 2.05) is 24.3 Å². The molecule has 0 aliphatic carbocycles. The molecule has 2 N–H and O–H groups in total. The predicted octanol–water partition coefficient (Wildman–Crippen LogP) is 3.63. The van der Waals surface area contributed by atoms with Gasteiger partial charge in [0, 0.05) is 18.1 Å². The van der Waals surface area contributed by atoms with Gasteiger partial charge in [-0.15, -0.1) is 0 Å². The zero-order valence-corrected chi connectivity index (χ0v) is 11.6. The van der Waals surface area contributed by atoms with Crippen LogP contribution in [0.1, 0.15) is 31.7 Å². The molecule has 0 bridgehead atoms. The summed E-state index contributed by atoms with van der Waals surface area (Å²) in [5.74, 6) is 0.943. The molecule has 1 aromatic heterocycles. The number of anilines is 2. The third-order valence-electron chi connectivity index (χ3n) is 3.15. The lowest BCUT2D eigenvalue weighted by Gasteiger charge is -2.10. The molecule has 5 heteroatoms. The van der Waals surface area contributed by atoms with Crippen LogP contribution < -0.4 is 10.6 Å². The third-order valence-corrected chi connectivity index (χ3v) is 3.15. The fraction of sp³-hybridized carbons (Fsp3) is 0.267. The minimum absolute atomic E-state index is 0.332. The van der Waals surface area contributed by atoms with E-state index in [-0.39, 0.29) is 6.03 Å². The second kappa shape index (κ2) is 6.65. The molecular weight excluding hydrogens is 252 g/mol. The van der Waals surface area contributed by atoms with Gasteiger partial charge in [-0.2, -0.15) is 0 Å². The number of hydrogen-bond donors (Lipinski definition) is 2. The van der Waals surface area contributed by atoms with Crippen molar-refractivity contribution in [2.24, 2.45) is 0 Å². The Morgan fingerprint density at radius 2 is 1.95 bits per heavy atom. The van der Waals surface area contributed by atoms with Crippen LogP contribution in [0.5, 0.6) is 0 Å². The van der Waals surface area contributed by atoms with E-state index in [1.165, 1.54) is 18.0 Å². The monoisotopic (exact) mass is 270 g/mol. The number of nitrogens with zero attached hydrogens (tertiary/aromatic N) is 2. The first-order valence-corrected chi connectivity index (χ1v) is 6.63. The highest BCUT2D eigenvalue weighted by Crippen LogP contribution is 2.20. The molecular formula is C15H18N4O. The number of rotatable bonds is 4. The van der Waals surface area contributed by atoms with Gasteiger partial charge < -0.3 is 5.32 Å². The lowest BCUT2D eigenvalue weighted by atomic mass is 9.99. The molecule has 2 aromatic rings. The summed E-state index contributed by atoms with van der Waals surface area (Å²) in [5.41, 5.74) is 2.02. The molecule has 0 fully saturated rings. The molecule has 1 heterocycles. The number of carbonyl (C=O) groups is 1. The second-order valence-corrected chi connectivity index (χ2v) is 4.60. The maximum absolute atomic E-state index is 11.8. The maximum atomic E-state index is 11.8. The summed E-state index contributed by atoms with van der Waals surface area (Å²) in [7, 11) is 0. The van der Waals surface area contributed by atoms with E-state index in [1.54, 1.807) is 6.20 Å². The molecule has 104 valence electrons. The van der Waals surface area contributed by atoms with Gasteiger partial charge in [0.05, 0.1) is 6.20 Å².